The lowest BCUT2D eigenvalue weighted by atomic mass is 10.00. The van der Waals surface area contributed by atoms with Crippen LogP contribution in [0.4, 0.5) is 8.78 Å². The Morgan fingerprint density at radius 2 is 1.72 bits per heavy atom. The van der Waals surface area contributed by atoms with E-state index in [2.05, 4.69) is 0 Å². The number of alkyl halides is 1. The molecule has 1 heterocycles. The lowest BCUT2D eigenvalue weighted by Crippen LogP contribution is -2.18. The molecular formula is C20H17F2NO2. The van der Waals surface area contributed by atoms with Gasteiger partial charge in [-0.25, -0.2) is 8.78 Å². The molecule has 0 N–H and O–H groups in total. The Morgan fingerprint density at radius 3 is 2.32 bits per heavy atom. The maximum Gasteiger partial charge on any atom is 0.255 e. The van der Waals surface area contributed by atoms with Gasteiger partial charge in [0.05, 0.1) is 0 Å². The first-order valence-electron chi connectivity index (χ1n) is 7.93. The highest BCUT2D eigenvalue weighted by Gasteiger charge is 2.10. The van der Waals surface area contributed by atoms with Gasteiger partial charge in [0, 0.05) is 23.5 Å². The third kappa shape index (κ3) is 3.60. The Morgan fingerprint density at radius 1 is 1.04 bits per heavy atom. The van der Waals surface area contributed by atoms with Crippen LogP contribution in [0.5, 0.6) is 5.75 Å². The van der Waals surface area contributed by atoms with Gasteiger partial charge in [0.2, 0.25) is 6.86 Å². The Hall–Kier alpha value is -2.95. The van der Waals surface area contributed by atoms with Gasteiger partial charge < -0.3 is 4.74 Å². The van der Waals surface area contributed by atoms with Crippen LogP contribution in [0.1, 0.15) is 12.5 Å². The van der Waals surface area contributed by atoms with Crippen LogP contribution < -0.4 is 10.3 Å². The Kier molecular flexibility index (Phi) is 4.93. The third-order valence-electron chi connectivity index (χ3n) is 4.01. The van der Waals surface area contributed by atoms with Crippen LogP contribution in [0, 0.1) is 5.82 Å². The molecule has 1 aromatic heterocycles. The van der Waals surface area contributed by atoms with Crippen molar-refractivity contribution in [1.29, 1.82) is 0 Å². The summed E-state index contributed by atoms with van der Waals surface area (Å²) in [5.74, 6) is 0.0850. The summed E-state index contributed by atoms with van der Waals surface area (Å²) >= 11 is 0. The standard InChI is InChI=1S/C20H17F2NO2/c1-2-14-11-20(24)23(17-7-9-18(10-8-17)25-13-21)12-19(14)15-3-5-16(22)6-4-15/h3-12H,2,13H2,1H3. The molecule has 0 unspecified atom stereocenters. The average molecular weight is 341 g/mol. The summed E-state index contributed by atoms with van der Waals surface area (Å²) < 4.78 is 31.7. The maximum absolute atomic E-state index is 13.2. The highest BCUT2D eigenvalue weighted by atomic mass is 19.1. The summed E-state index contributed by atoms with van der Waals surface area (Å²) in [4.78, 5) is 12.5. The molecule has 0 aliphatic carbocycles. The number of nitrogens with zero attached hydrogens (tertiary/aromatic N) is 1. The minimum Gasteiger partial charge on any atom is -0.463 e. The van der Waals surface area contributed by atoms with Crippen molar-refractivity contribution in [2.24, 2.45) is 0 Å². The van der Waals surface area contributed by atoms with Crippen LogP contribution in [0.2, 0.25) is 0 Å². The minimum atomic E-state index is -0.904. The molecule has 5 heteroatoms. The molecule has 3 nitrogen and oxygen atoms in total. The molecule has 128 valence electrons. The molecule has 3 aromatic rings. The lowest BCUT2D eigenvalue weighted by molar-refractivity contribution is 0.192. The van der Waals surface area contributed by atoms with E-state index in [1.165, 1.54) is 16.7 Å². The Balaban J connectivity index is 2.09. The van der Waals surface area contributed by atoms with E-state index in [9.17, 15) is 13.6 Å². The Labute approximate surface area is 144 Å². The van der Waals surface area contributed by atoms with Crippen molar-refractivity contribution in [3.05, 3.63) is 82.5 Å². The van der Waals surface area contributed by atoms with Crippen LogP contribution >= 0.6 is 0 Å². The SMILES string of the molecule is CCc1cc(=O)n(-c2ccc(OCF)cc2)cc1-c1ccc(F)cc1. The zero-order valence-corrected chi connectivity index (χ0v) is 13.7. The monoisotopic (exact) mass is 341 g/mol. The van der Waals surface area contributed by atoms with E-state index in [0.29, 0.717) is 17.9 Å². The molecule has 0 saturated heterocycles. The van der Waals surface area contributed by atoms with Gasteiger partial charge in [0.25, 0.3) is 5.56 Å². The fraction of sp³-hybridized carbons (Fsp3) is 0.150. The minimum absolute atomic E-state index is 0.165. The molecule has 0 fully saturated rings. The van der Waals surface area contributed by atoms with Crippen molar-refractivity contribution >= 4 is 0 Å². The highest BCUT2D eigenvalue weighted by molar-refractivity contribution is 5.67. The summed E-state index contributed by atoms with van der Waals surface area (Å²) in [6.07, 6.45) is 2.44. The normalized spacial score (nSPS) is 10.7. The molecule has 0 aliphatic rings. The summed E-state index contributed by atoms with van der Waals surface area (Å²) in [5, 5.41) is 0. The zero-order valence-electron chi connectivity index (χ0n) is 13.7. The van der Waals surface area contributed by atoms with Crippen molar-refractivity contribution in [3.63, 3.8) is 0 Å². The summed E-state index contributed by atoms with van der Waals surface area (Å²) in [6, 6.07) is 14.3. The van der Waals surface area contributed by atoms with Gasteiger partial charge in [-0.15, -0.1) is 0 Å². The lowest BCUT2D eigenvalue weighted by Gasteiger charge is -2.13. The van der Waals surface area contributed by atoms with E-state index >= 15 is 0 Å². The number of benzene rings is 2. The van der Waals surface area contributed by atoms with E-state index in [4.69, 9.17) is 4.74 Å². The topological polar surface area (TPSA) is 31.2 Å². The summed E-state index contributed by atoms with van der Waals surface area (Å²) in [5.41, 5.74) is 3.07. The number of hydrogen-bond acceptors (Lipinski definition) is 2. The van der Waals surface area contributed by atoms with E-state index in [0.717, 1.165) is 16.7 Å². The number of halogens is 2. The fourth-order valence-corrected chi connectivity index (χ4v) is 2.72. The first-order chi connectivity index (χ1) is 12.1. The van der Waals surface area contributed by atoms with Crippen molar-refractivity contribution < 1.29 is 13.5 Å². The van der Waals surface area contributed by atoms with Gasteiger partial charge in [-0.05, 0) is 53.9 Å². The summed E-state index contributed by atoms with van der Waals surface area (Å²) in [7, 11) is 0. The fourth-order valence-electron chi connectivity index (χ4n) is 2.72. The number of aryl methyl sites for hydroxylation is 1. The maximum atomic E-state index is 13.2. The number of aromatic nitrogens is 1. The van der Waals surface area contributed by atoms with Gasteiger partial charge in [-0.3, -0.25) is 9.36 Å². The number of pyridine rings is 1. The average Bonchev–Trinajstić information content (AvgIpc) is 2.63. The van der Waals surface area contributed by atoms with Crippen LogP contribution in [0.15, 0.2) is 65.6 Å². The number of rotatable bonds is 5. The zero-order chi connectivity index (χ0) is 17.8. The van der Waals surface area contributed by atoms with E-state index < -0.39 is 6.86 Å². The third-order valence-corrected chi connectivity index (χ3v) is 4.01. The van der Waals surface area contributed by atoms with Crippen LogP contribution in [-0.4, -0.2) is 11.4 Å². The molecule has 25 heavy (non-hydrogen) atoms. The van der Waals surface area contributed by atoms with Crippen molar-refractivity contribution in [1.82, 2.24) is 4.57 Å². The van der Waals surface area contributed by atoms with E-state index in [1.807, 2.05) is 6.92 Å². The van der Waals surface area contributed by atoms with Gasteiger partial charge in [-0.1, -0.05) is 19.1 Å². The molecule has 0 spiro atoms. The second-order valence-corrected chi connectivity index (χ2v) is 5.53. The molecule has 0 aliphatic heterocycles. The molecule has 0 atom stereocenters. The molecule has 3 rings (SSSR count). The molecular weight excluding hydrogens is 324 g/mol. The van der Waals surface area contributed by atoms with Crippen molar-refractivity contribution in [2.45, 2.75) is 13.3 Å². The summed E-state index contributed by atoms with van der Waals surface area (Å²) in [6.45, 7) is 1.06. The highest BCUT2D eigenvalue weighted by Crippen LogP contribution is 2.25. The molecule has 0 saturated carbocycles. The van der Waals surface area contributed by atoms with Gasteiger partial charge in [0.15, 0.2) is 0 Å². The second-order valence-electron chi connectivity index (χ2n) is 5.53. The second kappa shape index (κ2) is 7.30. The van der Waals surface area contributed by atoms with E-state index in [-0.39, 0.29) is 11.4 Å². The van der Waals surface area contributed by atoms with Crippen LogP contribution in [0.25, 0.3) is 16.8 Å². The predicted molar refractivity (Wildman–Crippen MR) is 93.4 cm³/mol. The van der Waals surface area contributed by atoms with Gasteiger partial charge in [0.1, 0.15) is 11.6 Å². The molecule has 0 amide bonds. The largest absolute Gasteiger partial charge is 0.463 e. The quantitative estimate of drug-likeness (QED) is 0.684. The van der Waals surface area contributed by atoms with Crippen LogP contribution in [-0.2, 0) is 6.42 Å². The van der Waals surface area contributed by atoms with Gasteiger partial charge in [-0.2, -0.15) is 0 Å². The van der Waals surface area contributed by atoms with Crippen molar-refractivity contribution in [3.8, 4) is 22.6 Å². The van der Waals surface area contributed by atoms with Crippen LogP contribution in [0.3, 0.4) is 0 Å². The molecule has 2 aromatic carbocycles. The number of hydrogen-bond donors (Lipinski definition) is 0. The Bertz CT molecular complexity index is 916. The van der Waals surface area contributed by atoms with Crippen molar-refractivity contribution in [2.75, 3.05) is 6.86 Å². The van der Waals surface area contributed by atoms with Gasteiger partial charge >= 0.3 is 0 Å². The molecule has 0 bridgehead atoms. The van der Waals surface area contributed by atoms with E-state index in [1.54, 1.807) is 48.7 Å². The molecule has 0 radical (unpaired) electrons. The first-order valence-corrected chi connectivity index (χ1v) is 7.93. The predicted octanol–water partition coefficient (Wildman–Crippen LogP) is 4.51. The smallest absolute Gasteiger partial charge is 0.255 e. The first kappa shape index (κ1) is 16.9. The number of ether oxygens (including phenoxy) is 1.